The van der Waals surface area contributed by atoms with Crippen molar-refractivity contribution in [3.63, 3.8) is 0 Å². The molecular formula is C21H22BrN3O4S. The van der Waals surface area contributed by atoms with Crippen molar-refractivity contribution >= 4 is 33.5 Å². The van der Waals surface area contributed by atoms with Crippen LogP contribution in [0.25, 0.3) is 11.3 Å². The van der Waals surface area contributed by atoms with E-state index in [4.69, 9.17) is 14.2 Å². The first-order valence-corrected chi connectivity index (χ1v) is 10.7. The Morgan fingerprint density at radius 1 is 1.13 bits per heavy atom. The molecule has 0 amide bonds. The first-order chi connectivity index (χ1) is 14.6. The molecule has 0 saturated heterocycles. The van der Waals surface area contributed by atoms with E-state index in [2.05, 4.69) is 26.0 Å². The van der Waals surface area contributed by atoms with E-state index in [1.807, 2.05) is 23.6 Å². The number of rotatable bonds is 8. The highest BCUT2D eigenvalue weighted by atomic mass is 79.9. The molecule has 9 heteroatoms. The number of nitrogens with zero attached hydrogens (tertiary/aromatic N) is 3. The van der Waals surface area contributed by atoms with Gasteiger partial charge < -0.3 is 19.3 Å². The Morgan fingerprint density at radius 2 is 1.97 bits per heavy atom. The fraction of sp³-hybridized carbons (Fsp3) is 0.238. The molecule has 1 heterocycles. The fourth-order valence-electron chi connectivity index (χ4n) is 2.70. The third-order valence-electron chi connectivity index (χ3n) is 4.21. The monoisotopic (exact) mass is 491 g/mol. The van der Waals surface area contributed by atoms with E-state index < -0.39 is 0 Å². The lowest BCUT2D eigenvalue weighted by molar-refractivity contribution is 0.207. The Morgan fingerprint density at radius 3 is 2.70 bits per heavy atom. The van der Waals surface area contributed by atoms with E-state index in [1.165, 1.54) is 11.3 Å². The number of methoxy groups -OCH3 is 3. The van der Waals surface area contributed by atoms with E-state index in [1.54, 1.807) is 50.4 Å². The minimum Gasteiger partial charge on any atom is -0.507 e. The molecule has 0 aliphatic heterocycles. The zero-order chi connectivity index (χ0) is 21.5. The molecule has 0 radical (unpaired) electrons. The van der Waals surface area contributed by atoms with Gasteiger partial charge in [0, 0.05) is 34.2 Å². The zero-order valence-corrected chi connectivity index (χ0v) is 19.2. The number of aromatic nitrogens is 1. The molecule has 2 aromatic carbocycles. The summed E-state index contributed by atoms with van der Waals surface area (Å²) in [6, 6.07) is 10.8. The zero-order valence-electron chi connectivity index (χ0n) is 16.8. The molecule has 7 nitrogen and oxygen atoms in total. The average molecular weight is 492 g/mol. The SMILES string of the molecule is COCCN=c1scc(-c2ccc(OC)cc2OC)n1/N=C/c1cc(Br)ccc1O. The van der Waals surface area contributed by atoms with E-state index in [-0.39, 0.29) is 5.75 Å². The van der Waals surface area contributed by atoms with Crippen molar-refractivity contribution < 1.29 is 19.3 Å². The summed E-state index contributed by atoms with van der Waals surface area (Å²) in [6.07, 6.45) is 1.60. The smallest absolute Gasteiger partial charge is 0.206 e. The number of aromatic hydroxyl groups is 1. The largest absolute Gasteiger partial charge is 0.507 e. The second kappa shape index (κ2) is 10.4. The summed E-state index contributed by atoms with van der Waals surface area (Å²) in [6.45, 7) is 1.02. The molecule has 0 spiro atoms. The van der Waals surface area contributed by atoms with E-state index in [9.17, 15) is 5.11 Å². The van der Waals surface area contributed by atoms with Crippen LogP contribution in [-0.4, -0.2) is 50.5 Å². The van der Waals surface area contributed by atoms with E-state index in [0.717, 1.165) is 15.7 Å². The van der Waals surface area contributed by atoms with Crippen LogP contribution in [0.2, 0.25) is 0 Å². The second-order valence-corrected chi connectivity index (χ2v) is 7.86. The highest BCUT2D eigenvalue weighted by Crippen LogP contribution is 2.33. The number of hydrogen-bond donors (Lipinski definition) is 1. The van der Waals surface area contributed by atoms with Gasteiger partial charge in [-0.1, -0.05) is 15.9 Å². The summed E-state index contributed by atoms with van der Waals surface area (Å²) < 4.78 is 18.5. The normalized spacial score (nSPS) is 11.9. The number of thiazole rings is 1. The third kappa shape index (κ3) is 5.10. The molecule has 0 fully saturated rings. The van der Waals surface area contributed by atoms with Gasteiger partial charge in [0.15, 0.2) is 0 Å². The van der Waals surface area contributed by atoms with Gasteiger partial charge in [-0.2, -0.15) is 5.10 Å². The first kappa shape index (κ1) is 22.1. The van der Waals surface area contributed by atoms with Crippen LogP contribution in [0.1, 0.15) is 5.56 Å². The predicted octanol–water partition coefficient (Wildman–Crippen LogP) is 4.13. The molecule has 1 aromatic heterocycles. The number of phenolic OH excluding ortho intramolecular Hbond substituents is 1. The summed E-state index contributed by atoms with van der Waals surface area (Å²) >= 11 is 4.88. The molecule has 0 unspecified atom stereocenters. The lowest BCUT2D eigenvalue weighted by atomic mass is 10.1. The fourth-order valence-corrected chi connectivity index (χ4v) is 3.93. The summed E-state index contributed by atoms with van der Waals surface area (Å²) in [5.41, 5.74) is 2.23. The number of benzene rings is 2. The van der Waals surface area contributed by atoms with Crippen LogP contribution < -0.4 is 14.3 Å². The molecule has 3 aromatic rings. The summed E-state index contributed by atoms with van der Waals surface area (Å²) in [5, 5.41) is 16.7. The molecule has 30 heavy (non-hydrogen) atoms. The van der Waals surface area contributed by atoms with Crippen LogP contribution in [0, 0.1) is 0 Å². The topological polar surface area (TPSA) is 77.6 Å². The Hall–Kier alpha value is -2.62. The van der Waals surface area contributed by atoms with E-state index >= 15 is 0 Å². The van der Waals surface area contributed by atoms with Crippen molar-refractivity contribution in [1.29, 1.82) is 0 Å². The molecule has 0 aliphatic carbocycles. The van der Waals surface area contributed by atoms with Crippen LogP contribution in [0.4, 0.5) is 0 Å². The van der Waals surface area contributed by atoms with Gasteiger partial charge in [-0.25, -0.2) is 4.68 Å². The minimum atomic E-state index is 0.138. The quantitative estimate of drug-likeness (QED) is 0.379. The second-order valence-electron chi connectivity index (χ2n) is 6.10. The van der Waals surface area contributed by atoms with Crippen LogP contribution in [-0.2, 0) is 4.74 Å². The van der Waals surface area contributed by atoms with Gasteiger partial charge in [-0.15, -0.1) is 11.3 Å². The summed E-state index contributed by atoms with van der Waals surface area (Å²) in [7, 11) is 4.86. The number of phenols is 1. The highest BCUT2D eigenvalue weighted by molar-refractivity contribution is 9.10. The minimum absolute atomic E-state index is 0.138. The molecule has 0 bridgehead atoms. The molecule has 0 saturated carbocycles. The van der Waals surface area contributed by atoms with Gasteiger partial charge in [-0.05, 0) is 30.3 Å². The van der Waals surface area contributed by atoms with Crippen molar-refractivity contribution in [2.24, 2.45) is 10.1 Å². The van der Waals surface area contributed by atoms with Crippen molar-refractivity contribution in [2.75, 3.05) is 34.5 Å². The van der Waals surface area contributed by atoms with Crippen molar-refractivity contribution in [2.45, 2.75) is 0 Å². The molecule has 0 aliphatic rings. The molecule has 0 atom stereocenters. The molecule has 3 rings (SSSR count). The maximum absolute atomic E-state index is 10.1. The average Bonchev–Trinajstić information content (AvgIpc) is 3.16. The number of ether oxygens (including phenoxy) is 3. The highest BCUT2D eigenvalue weighted by Gasteiger charge is 2.14. The van der Waals surface area contributed by atoms with Gasteiger partial charge >= 0.3 is 0 Å². The molecule has 1 N–H and O–H groups in total. The number of hydrogen-bond acceptors (Lipinski definition) is 7. The standard InChI is InChI=1S/C21H22BrN3O4S/c1-27-9-8-23-21-25(24-12-14-10-15(22)4-7-19(14)26)18(13-30-21)17-6-5-16(28-2)11-20(17)29-3/h4-7,10-13,26H,8-9H2,1-3H3/b23-21?,24-12+. The van der Waals surface area contributed by atoms with Crippen LogP contribution >= 0.6 is 27.3 Å². The predicted molar refractivity (Wildman–Crippen MR) is 122 cm³/mol. The lowest BCUT2D eigenvalue weighted by Crippen LogP contribution is -2.14. The Kier molecular flexibility index (Phi) is 7.67. The molecular weight excluding hydrogens is 470 g/mol. The number of halogens is 1. The van der Waals surface area contributed by atoms with Crippen molar-refractivity contribution in [3.05, 3.63) is 56.6 Å². The van der Waals surface area contributed by atoms with Gasteiger partial charge in [0.25, 0.3) is 0 Å². The Labute approximate surface area is 187 Å². The Bertz CT molecular complexity index is 1110. The van der Waals surface area contributed by atoms with Crippen LogP contribution in [0.15, 0.2) is 56.3 Å². The van der Waals surface area contributed by atoms with Gasteiger partial charge in [-0.3, -0.25) is 4.99 Å². The van der Waals surface area contributed by atoms with Crippen molar-refractivity contribution in [3.8, 4) is 28.5 Å². The van der Waals surface area contributed by atoms with Crippen LogP contribution in [0.3, 0.4) is 0 Å². The molecule has 158 valence electrons. The van der Waals surface area contributed by atoms with Gasteiger partial charge in [0.2, 0.25) is 4.80 Å². The Balaban J connectivity index is 2.12. The summed E-state index contributed by atoms with van der Waals surface area (Å²) in [5.74, 6) is 1.49. The first-order valence-electron chi connectivity index (χ1n) is 9.02. The van der Waals surface area contributed by atoms with Gasteiger partial charge in [0.1, 0.15) is 17.2 Å². The summed E-state index contributed by atoms with van der Waals surface area (Å²) in [4.78, 5) is 5.29. The van der Waals surface area contributed by atoms with Crippen LogP contribution in [0.5, 0.6) is 17.2 Å². The van der Waals surface area contributed by atoms with E-state index in [0.29, 0.717) is 35.0 Å². The third-order valence-corrected chi connectivity index (χ3v) is 5.56. The maximum Gasteiger partial charge on any atom is 0.206 e. The maximum atomic E-state index is 10.1. The lowest BCUT2D eigenvalue weighted by Gasteiger charge is -2.11. The van der Waals surface area contributed by atoms with Gasteiger partial charge in [0.05, 0.1) is 39.3 Å². The van der Waals surface area contributed by atoms with Crippen molar-refractivity contribution in [1.82, 2.24) is 4.68 Å².